The summed E-state index contributed by atoms with van der Waals surface area (Å²) < 4.78 is 5.04. The van der Waals surface area contributed by atoms with Gasteiger partial charge in [0.25, 0.3) is 11.7 Å². The molecular formula is C9H14N4O2. The minimum Gasteiger partial charge on any atom is -0.352 e. The third-order valence-corrected chi connectivity index (χ3v) is 2.48. The van der Waals surface area contributed by atoms with Gasteiger partial charge in [0.2, 0.25) is 5.89 Å². The Labute approximate surface area is 87.4 Å². The summed E-state index contributed by atoms with van der Waals surface area (Å²) in [5.41, 5.74) is 0. The van der Waals surface area contributed by atoms with Gasteiger partial charge in [0.05, 0.1) is 6.04 Å². The largest absolute Gasteiger partial charge is 0.352 e. The van der Waals surface area contributed by atoms with Gasteiger partial charge in [0.1, 0.15) is 0 Å². The molecule has 0 radical (unpaired) electrons. The van der Waals surface area contributed by atoms with Crippen LogP contribution in [-0.4, -0.2) is 29.6 Å². The Morgan fingerprint density at radius 1 is 1.60 bits per heavy atom. The van der Waals surface area contributed by atoms with Gasteiger partial charge in [0.15, 0.2) is 0 Å². The van der Waals surface area contributed by atoms with E-state index in [2.05, 4.69) is 20.8 Å². The molecule has 0 spiro atoms. The molecule has 0 aliphatic carbocycles. The van der Waals surface area contributed by atoms with Crippen molar-refractivity contribution in [1.29, 1.82) is 0 Å². The first-order valence-electron chi connectivity index (χ1n) is 5.10. The Morgan fingerprint density at radius 3 is 3.13 bits per heavy atom. The Bertz CT molecular complexity index is 344. The molecule has 6 heteroatoms. The highest BCUT2D eigenvalue weighted by molar-refractivity contribution is 5.89. The summed E-state index contributed by atoms with van der Waals surface area (Å²) in [6.45, 7) is 0.961. The zero-order valence-corrected chi connectivity index (χ0v) is 8.62. The molecular weight excluding hydrogens is 196 g/mol. The molecule has 1 aliphatic heterocycles. The van der Waals surface area contributed by atoms with E-state index in [9.17, 15) is 4.79 Å². The molecule has 0 aromatic carbocycles. The molecule has 1 aromatic heterocycles. The maximum Gasteiger partial charge on any atom is 0.292 e. The SMILES string of the molecule is CNC(=O)c1noc(C2CCCCN2)n1. The van der Waals surface area contributed by atoms with Crippen LogP contribution in [0.25, 0.3) is 0 Å². The third kappa shape index (κ3) is 2.15. The van der Waals surface area contributed by atoms with E-state index in [0.717, 1.165) is 19.4 Å². The van der Waals surface area contributed by atoms with E-state index in [1.165, 1.54) is 13.5 Å². The second kappa shape index (κ2) is 4.39. The number of nitrogens with one attached hydrogen (secondary N) is 2. The molecule has 1 amide bonds. The first-order valence-corrected chi connectivity index (χ1v) is 5.10. The summed E-state index contributed by atoms with van der Waals surface area (Å²) in [7, 11) is 1.54. The molecule has 82 valence electrons. The smallest absolute Gasteiger partial charge is 0.292 e. The van der Waals surface area contributed by atoms with E-state index in [-0.39, 0.29) is 17.8 Å². The molecule has 1 saturated heterocycles. The van der Waals surface area contributed by atoms with Crippen LogP contribution in [0.4, 0.5) is 0 Å². The Balaban J connectivity index is 2.08. The van der Waals surface area contributed by atoms with Crippen LogP contribution in [0.3, 0.4) is 0 Å². The van der Waals surface area contributed by atoms with Crippen LogP contribution in [0.5, 0.6) is 0 Å². The summed E-state index contributed by atoms with van der Waals surface area (Å²) in [5, 5.41) is 9.35. The highest BCUT2D eigenvalue weighted by Gasteiger charge is 2.22. The summed E-state index contributed by atoms with van der Waals surface area (Å²) in [6.07, 6.45) is 3.30. The topological polar surface area (TPSA) is 80.0 Å². The van der Waals surface area contributed by atoms with Crippen molar-refractivity contribution in [1.82, 2.24) is 20.8 Å². The number of nitrogens with zero attached hydrogens (tertiary/aromatic N) is 2. The normalized spacial score (nSPS) is 21.3. The van der Waals surface area contributed by atoms with Crippen molar-refractivity contribution in [3.05, 3.63) is 11.7 Å². The van der Waals surface area contributed by atoms with E-state index in [4.69, 9.17) is 4.52 Å². The van der Waals surface area contributed by atoms with Gasteiger partial charge < -0.3 is 15.2 Å². The van der Waals surface area contributed by atoms with Crippen molar-refractivity contribution in [2.24, 2.45) is 0 Å². The number of carbonyl (C=O) groups excluding carboxylic acids is 1. The maximum atomic E-state index is 11.2. The Morgan fingerprint density at radius 2 is 2.47 bits per heavy atom. The molecule has 2 N–H and O–H groups in total. The molecule has 2 rings (SSSR count). The third-order valence-electron chi connectivity index (χ3n) is 2.48. The molecule has 1 atom stereocenters. The summed E-state index contributed by atoms with van der Waals surface area (Å²) >= 11 is 0. The number of piperidine rings is 1. The van der Waals surface area contributed by atoms with Gasteiger partial charge in [0, 0.05) is 7.05 Å². The van der Waals surface area contributed by atoms with E-state index in [0.29, 0.717) is 5.89 Å². The fourth-order valence-corrected chi connectivity index (χ4v) is 1.64. The molecule has 2 heterocycles. The molecule has 1 unspecified atom stereocenters. The minimum absolute atomic E-state index is 0.0971. The lowest BCUT2D eigenvalue weighted by Gasteiger charge is -2.19. The van der Waals surface area contributed by atoms with Crippen LogP contribution in [0.2, 0.25) is 0 Å². The van der Waals surface area contributed by atoms with E-state index >= 15 is 0 Å². The molecule has 1 fully saturated rings. The minimum atomic E-state index is -0.319. The van der Waals surface area contributed by atoms with Crippen molar-refractivity contribution in [2.75, 3.05) is 13.6 Å². The lowest BCUT2D eigenvalue weighted by molar-refractivity contribution is 0.0950. The maximum absolute atomic E-state index is 11.2. The molecule has 1 aromatic rings. The van der Waals surface area contributed by atoms with Gasteiger partial charge in [-0.15, -0.1) is 0 Å². The number of aromatic nitrogens is 2. The van der Waals surface area contributed by atoms with E-state index < -0.39 is 0 Å². The molecule has 6 nitrogen and oxygen atoms in total. The fourth-order valence-electron chi connectivity index (χ4n) is 1.64. The fraction of sp³-hybridized carbons (Fsp3) is 0.667. The predicted molar refractivity (Wildman–Crippen MR) is 52.3 cm³/mol. The Kier molecular flexibility index (Phi) is 2.96. The van der Waals surface area contributed by atoms with Gasteiger partial charge in [-0.2, -0.15) is 4.98 Å². The van der Waals surface area contributed by atoms with Gasteiger partial charge in [-0.25, -0.2) is 0 Å². The van der Waals surface area contributed by atoms with E-state index in [1.807, 2.05) is 0 Å². The number of hydrogen-bond donors (Lipinski definition) is 2. The number of amides is 1. The van der Waals surface area contributed by atoms with E-state index in [1.54, 1.807) is 0 Å². The highest BCUT2D eigenvalue weighted by Crippen LogP contribution is 2.20. The number of carbonyl (C=O) groups is 1. The van der Waals surface area contributed by atoms with Crippen molar-refractivity contribution >= 4 is 5.91 Å². The second-order valence-corrected chi connectivity index (χ2v) is 3.54. The van der Waals surface area contributed by atoms with Gasteiger partial charge >= 0.3 is 0 Å². The molecule has 15 heavy (non-hydrogen) atoms. The quantitative estimate of drug-likeness (QED) is 0.731. The van der Waals surface area contributed by atoms with Crippen molar-refractivity contribution in [3.63, 3.8) is 0 Å². The second-order valence-electron chi connectivity index (χ2n) is 3.54. The summed E-state index contributed by atoms with van der Waals surface area (Å²) in [4.78, 5) is 15.2. The highest BCUT2D eigenvalue weighted by atomic mass is 16.5. The van der Waals surface area contributed by atoms with Crippen LogP contribution >= 0.6 is 0 Å². The zero-order chi connectivity index (χ0) is 10.7. The van der Waals surface area contributed by atoms with Crippen LogP contribution in [-0.2, 0) is 0 Å². The average Bonchev–Trinajstić information content (AvgIpc) is 2.78. The number of rotatable bonds is 2. The first-order chi connectivity index (χ1) is 7.31. The van der Waals surface area contributed by atoms with Gasteiger partial charge in [-0.1, -0.05) is 11.6 Å². The lowest BCUT2D eigenvalue weighted by Crippen LogP contribution is -2.27. The van der Waals surface area contributed by atoms with Gasteiger partial charge in [-0.05, 0) is 19.4 Å². The van der Waals surface area contributed by atoms with Crippen molar-refractivity contribution < 1.29 is 9.32 Å². The first kappa shape index (κ1) is 10.1. The van der Waals surface area contributed by atoms with Gasteiger partial charge in [-0.3, -0.25) is 4.79 Å². The molecule has 0 bridgehead atoms. The zero-order valence-electron chi connectivity index (χ0n) is 8.62. The molecule has 0 saturated carbocycles. The summed E-state index contributed by atoms with van der Waals surface area (Å²) in [5.74, 6) is 0.286. The standard InChI is InChI=1S/C9H14N4O2/c1-10-8(14)7-12-9(15-13-7)6-4-2-3-5-11-6/h6,11H,2-5H2,1H3,(H,10,14). The number of hydrogen-bond acceptors (Lipinski definition) is 5. The molecule has 1 aliphatic rings. The predicted octanol–water partition coefficient (Wildman–Crippen LogP) is 0.244. The lowest BCUT2D eigenvalue weighted by atomic mass is 10.1. The van der Waals surface area contributed by atoms with Crippen LogP contribution in [0.15, 0.2) is 4.52 Å². The van der Waals surface area contributed by atoms with Crippen LogP contribution in [0.1, 0.15) is 41.8 Å². The summed E-state index contributed by atoms with van der Waals surface area (Å²) in [6, 6.07) is 0.102. The van der Waals surface area contributed by atoms with Crippen molar-refractivity contribution in [2.45, 2.75) is 25.3 Å². The Hall–Kier alpha value is -1.43. The van der Waals surface area contributed by atoms with Crippen LogP contribution in [0, 0.1) is 0 Å². The van der Waals surface area contributed by atoms with Crippen LogP contribution < -0.4 is 10.6 Å². The van der Waals surface area contributed by atoms with Crippen molar-refractivity contribution in [3.8, 4) is 0 Å². The average molecular weight is 210 g/mol. The monoisotopic (exact) mass is 210 g/mol.